The van der Waals surface area contributed by atoms with Gasteiger partial charge in [-0.3, -0.25) is 4.68 Å². The van der Waals surface area contributed by atoms with Gasteiger partial charge in [-0.15, -0.1) is 0 Å². The summed E-state index contributed by atoms with van der Waals surface area (Å²) in [6, 6.07) is 10.0. The van der Waals surface area contributed by atoms with Gasteiger partial charge in [0.1, 0.15) is 0 Å². The van der Waals surface area contributed by atoms with E-state index in [1.165, 1.54) is 0 Å². The molecular weight excluding hydrogens is 234 g/mol. The molecule has 0 aliphatic carbocycles. The van der Waals surface area contributed by atoms with Crippen LogP contribution in [0.15, 0.2) is 36.5 Å². The zero-order valence-electron chi connectivity index (χ0n) is 10.0. The summed E-state index contributed by atoms with van der Waals surface area (Å²) in [5, 5.41) is 8.62. The smallest absolute Gasteiger partial charge is 0.0839 e. The van der Waals surface area contributed by atoms with E-state index in [9.17, 15) is 0 Å². The molecule has 1 heterocycles. The van der Waals surface area contributed by atoms with Crippen molar-refractivity contribution < 1.29 is 0 Å². The lowest BCUT2D eigenvalue weighted by atomic mass is 10.0. The molecule has 0 radical (unpaired) electrons. The first-order valence-electron chi connectivity index (χ1n) is 5.69. The fourth-order valence-electron chi connectivity index (χ4n) is 1.87. The summed E-state index contributed by atoms with van der Waals surface area (Å²) in [7, 11) is 1.92. The second kappa shape index (κ2) is 5.34. The molecular formula is C13H16ClN3. The third-order valence-electron chi connectivity index (χ3n) is 2.62. The van der Waals surface area contributed by atoms with Crippen LogP contribution in [0.25, 0.3) is 0 Å². The lowest BCUT2D eigenvalue weighted by Gasteiger charge is -2.16. The minimum atomic E-state index is 0.0971. The Morgan fingerprint density at radius 2 is 2.24 bits per heavy atom. The van der Waals surface area contributed by atoms with Crippen molar-refractivity contribution >= 4 is 11.6 Å². The highest BCUT2D eigenvalue weighted by atomic mass is 35.5. The summed E-state index contributed by atoms with van der Waals surface area (Å²) in [5.41, 5.74) is 2.15. The molecule has 0 amide bonds. The molecule has 4 heteroatoms. The topological polar surface area (TPSA) is 29.9 Å². The van der Waals surface area contributed by atoms with Crippen molar-refractivity contribution in [1.29, 1.82) is 0 Å². The van der Waals surface area contributed by atoms with E-state index in [0.717, 1.165) is 22.8 Å². The molecule has 17 heavy (non-hydrogen) atoms. The van der Waals surface area contributed by atoms with Gasteiger partial charge in [0.2, 0.25) is 0 Å². The Bertz CT molecular complexity index is 493. The van der Waals surface area contributed by atoms with E-state index in [0.29, 0.717) is 0 Å². The van der Waals surface area contributed by atoms with Gasteiger partial charge in [-0.2, -0.15) is 5.10 Å². The van der Waals surface area contributed by atoms with Gasteiger partial charge in [-0.05, 0) is 30.3 Å². The highest BCUT2D eigenvalue weighted by Crippen LogP contribution is 2.22. The van der Waals surface area contributed by atoms with Crippen molar-refractivity contribution in [1.82, 2.24) is 15.1 Å². The van der Waals surface area contributed by atoms with Crippen LogP contribution < -0.4 is 5.32 Å². The van der Waals surface area contributed by atoms with E-state index in [1.807, 2.05) is 42.2 Å². The van der Waals surface area contributed by atoms with Crippen molar-refractivity contribution in [2.24, 2.45) is 7.05 Å². The summed E-state index contributed by atoms with van der Waals surface area (Å²) in [6.07, 6.45) is 1.95. The van der Waals surface area contributed by atoms with Gasteiger partial charge in [0.15, 0.2) is 0 Å². The highest BCUT2D eigenvalue weighted by Gasteiger charge is 2.15. The first-order chi connectivity index (χ1) is 8.20. The molecule has 1 N–H and O–H groups in total. The molecule has 0 spiro atoms. The molecule has 2 aromatic rings. The number of rotatable bonds is 4. The molecule has 0 aliphatic rings. The molecule has 1 unspecified atom stereocenters. The van der Waals surface area contributed by atoms with E-state index >= 15 is 0 Å². The molecule has 0 bridgehead atoms. The lowest BCUT2D eigenvalue weighted by Crippen LogP contribution is -2.22. The van der Waals surface area contributed by atoms with Gasteiger partial charge in [0, 0.05) is 18.3 Å². The van der Waals surface area contributed by atoms with Crippen LogP contribution in [0.1, 0.15) is 24.2 Å². The normalized spacial score (nSPS) is 12.6. The van der Waals surface area contributed by atoms with Crippen LogP contribution in [0.4, 0.5) is 0 Å². The standard InChI is InChI=1S/C13H16ClN3/c1-3-15-13(12-7-8-17(2)16-12)10-5-4-6-11(14)9-10/h4-9,13,15H,3H2,1-2H3. The first kappa shape index (κ1) is 12.1. The molecule has 1 aromatic heterocycles. The number of hydrogen-bond donors (Lipinski definition) is 1. The Kier molecular flexibility index (Phi) is 3.82. The molecule has 0 aliphatic heterocycles. The summed E-state index contributed by atoms with van der Waals surface area (Å²) < 4.78 is 1.81. The van der Waals surface area contributed by atoms with Gasteiger partial charge in [-0.1, -0.05) is 30.7 Å². The number of benzene rings is 1. The molecule has 1 atom stereocenters. The van der Waals surface area contributed by atoms with E-state index in [4.69, 9.17) is 11.6 Å². The van der Waals surface area contributed by atoms with E-state index in [2.05, 4.69) is 23.4 Å². The number of hydrogen-bond acceptors (Lipinski definition) is 2. The zero-order valence-corrected chi connectivity index (χ0v) is 10.8. The summed E-state index contributed by atoms with van der Waals surface area (Å²) >= 11 is 6.03. The van der Waals surface area contributed by atoms with E-state index in [1.54, 1.807) is 0 Å². The summed E-state index contributed by atoms with van der Waals surface area (Å²) in [4.78, 5) is 0. The Labute approximate surface area is 106 Å². The van der Waals surface area contributed by atoms with Gasteiger partial charge >= 0.3 is 0 Å². The van der Waals surface area contributed by atoms with Crippen molar-refractivity contribution in [3.8, 4) is 0 Å². The predicted octanol–water partition coefficient (Wildman–Crippen LogP) is 2.77. The van der Waals surface area contributed by atoms with Gasteiger partial charge < -0.3 is 5.32 Å². The highest BCUT2D eigenvalue weighted by molar-refractivity contribution is 6.30. The molecule has 90 valence electrons. The Balaban J connectivity index is 2.35. The lowest BCUT2D eigenvalue weighted by molar-refractivity contribution is 0.600. The molecule has 0 saturated carbocycles. The maximum Gasteiger partial charge on any atom is 0.0839 e. The minimum Gasteiger partial charge on any atom is -0.305 e. The number of aryl methyl sites for hydroxylation is 1. The van der Waals surface area contributed by atoms with E-state index < -0.39 is 0 Å². The van der Waals surface area contributed by atoms with Crippen LogP contribution in [0.3, 0.4) is 0 Å². The minimum absolute atomic E-state index is 0.0971. The second-order valence-corrected chi connectivity index (χ2v) is 4.40. The third kappa shape index (κ3) is 2.87. The van der Waals surface area contributed by atoms with Crippen molar-refractivity contribution in [2.75, 3.05) is 6.54 Å². The molecule has 2 rings (SSSR count). The summed E-state index contributed by atoms with van der Waals surface area (Å²) in [5.74, 6) is 0. The fourth-order valence-corrected chi connectivity index (χ4v) is 2.07. The Hall–Kier alpha value is -1.32. The maximum absolute atomic E-state index is 6.03. The fraction of sp³-hybridized carbons (Fsp3) is 0.308. The van der Waals surface area contributed by atoms with Crippen LogP contribution in [-0.2, 0) is 7.05 Å². The van der Waals surface area contributed by atoms with E-state index in [-0.39, 0.29) is 6.04 Å². The number of nitrogens with zero attached hydrogens (tertiary/aromatic N) is 2. The number of aromatic nitrogens is 2. The summed E-state index contributed by atoms with van der Waals surface area (Å²) in [6.45, 7) is 2.97. The monoisotopic (exact) mass is 249 g/mol. The maximum atomic E-state index is 6.03. The van der Waals surface area contributed by atoms with Gasteiger partial charge in [0.25, 0.3) is 0 Å². The Morgan fingerprint density at radius 3 is 2.82 bits per heavy atom. The molecule has 0 saturated heterocycles. The van der Waals surface area contributed by atoms with Crippen LogP contribution in [0.5, 0.6) is 0 Å². The first-order valence-corrected chi connectivity index (χ1v) is 6.07. The zero-order chi connectivity index (χ0) is 12.3. The van der Waals surface area contributed by atoms with Gasteiger partial charge in [-0.25, -0.2) is 0 Å². The van der Waals surface area contributed by atoms with Crippen molar-refractivity contribution in [3.63, 3.8) is 0 Å². The second-order valence-electron chi connectivity index (χ2n) is 3.96. The van der Waals surface area contributed by atoms with Crippen LogP contribution in [0, 0.1) is 0 Å². The molecule has 0 fully saturated rings. The predicted molar refractivity (Wildman–Crippen MR) is 70.2 cm³/mol. The SMILES string of the molecule is CCNC(c1cccc(Cl)c1)c1ccn(C)n1. The van der Waals surface area contributed by atoms with Gasteiger partial charge in [0.05, 0.1) is 11.7 Å². The number of nitrogens with one attached hydrogen (secondary N) is 1. The molecule has 3 nitrogen and oxygen atoms in total. The van der Waals surface area contributed by atoms with Crippen LogP contribution >= 0.6 is 11.6 Å². The third-order valence-corrected chi connectivity index (χ3v) is 2.86. The quantitative estimate of drug-likeness (QED) is 0.903. The molecule has 1 aromatic carbocycles. The van der Waals surface area contributed by atoms with Crippen LogP contribution in [0.2, 0.25) is 5.02 Å². The number of halogens is 1. The van der Waals surface area contributed by atoms with Crippen molar-refractivity contribution in [2.45, 2.75) is 13.0 Å². The average Bonchev–Trinajstić information content (AvgIpc) is 2.72. The largest absolute Gasteiger partial charge is 0.305 e. The Morgan fingerprint density at radius 1 is 1.41 bits per heavy atom. The average molecular weight is 250 g/mol. The van der Waals surface area contributed by atoms with Crippen LogP contribution in [-0.4, -0.2) is 16.3 Å². The van der Waals surface area contributed by atoms with Crippen molar-refractivity contribution in [3.05, 3.63) is 52.8 Å².